The lowest BCUT2D eigenvalue weighted by Crippen LogP contribution is -2.35. The summed E-state index contributed by atoms with van der Waals surface area (Å²) in [5.74, 6) is 1.04. The van der Waals surface area contributed by atoms with Crippen LogP contribution in [-0.2, 0) is 0 Å². The van der Waals surface area contributed by atoms with Crippen LogP contribution in [0.3, 0.4) is 0 Å². The first kappa shape index (κ1) is 11.2. The summed E-state index contributed by atoms with van der Waals surface area (Å²) >= 11 is 0. The average molecular weight is 223 g/mol. The molecular weight excluding hydrogens is 206 g/mol. The van der Waals surface area contributed by atoms with Gasteiger partial charge in [-0.3, -0.25) is 4.79 Å². The number of hydrogen-bond acceptors (Lipinski definition) is 4. The molecule has 1 aliphatic rings. The normalized spacial score (nSPS) is 16.6. The van der Waals surface area contributed by atoms with E-state index in [9.17, 15) is 4.79 Å². The molecule has 4 nitrogen and oxygen atoms in total. The smallest absolute Gasteiger partial charge is 0.196 e. The SMILES string of the molecule is O=Cc1ccc(N(CCO)C2CCCC2)o1. The molecule has 0 spiro atoms. The van der Waals surface area contributed by atoms with Crippen molar-refractivity contribution < 1.29 is 14.3 Å². The van der Waals surface area contributed by atoms with Crippen LogP contribution in [0, 0.1) is 0 Å². The molecule has 1 aromatic heterocycles. The quantitative estimate of drug-likeness (QED) is 0.774. The van der Waals surface area contributed by atoms with Crippen molar-refractivity contribution in [1.29, 1.82) is 0 Å². The van der Waals surface area contributed by atoms with Crippen LogP contribution in [0.25, 0.3) is 0 Å². The molecule has 1 N–H and O–H groups in total. The number of aldehydes is 1. The van der Waals surface area contributed by atoms with Gasteiger partial charge in [0.1, 0.15) is 0 Å². The molecule has 0 saturated heterocycles. The van der Waals surface area contributed by atoms with Crippen molar-refractivity contribution in [3.8, 4) is 0 Å². The lowest BCUT2D eigenvalue weighted by atomic mass is 10.2. The van der Waals surface area contributed by atoms with Crippen LogP contribution in [0.15, 0.2) is 16.5 Å². The van der Waals surface area contributed by atoms with E-state index in [1.54, 1.807) is 12.1 Å². The summed E-state index contributed by atoms with van der Waals surface area (Å²) in [4.78, 5) is 12.6. The third-order valence-electron chi connectivity index (χ3n) is 3.12. The molecule has 1 aromatic rings. The van der Waals surface area contributed by atoms with Crippen molar-refractivity contribution in [2.75, 3.05) is 18.1 Å². The third-order valence-corrected chi connectivity index (χ3v) is 3.12. The number of hydrogen-bond donors (Lipinski definition) is 1. The Labute approximate surface area is 94.9 Å². The molecule has 0 bridgehead atoms. The van der Waals surface area contributed by atoms with Gasteiger partial charge in [-0.15, -0.1) is 0 Å². The molecule has 1 aliphatic carbocycles. The molecule has 0 atom stereocenters. The van der Waals surface area contributed by atoms with Gasteiger partial charge in [-0.05, 0) is 18.9 Å². The summed E-state index contributed by atoms with van der Waals surface area (Å²) in [6, 6.07) is 3.91. The van der Waals surface area contributed by atoms with Gasteiger partial charge in [-0.2, -0.15) is 0 Å². The lowest BCUT2D eigenvalue weighted by Gasteiger charge is -2.27. The van der Waals surface area contributed by atoms with E-state index in [1.165, 1.54) is 12.8 Å². The van der Waals surface area contributed by atoms with Crippen LogP contribution < -0.4 is 4.90 Å². The minimum Gasteiger partial charge on any atom is -0.438 e. The van der Waals surface area contributed by atoms with Crippen molar-refractivity contribution in [2.24, 2.45) is 0 Å². The number of anilines is 1. The van der Waals surface area contributed by atoms with E-state index in [-0.39, 0.29) is 6.61 Å². The highest BCUT2D eigenvalue weighted by atomic mass is 16.4. The fourth-order valence-electron chi connectivity index (χ4n) is 2.36. The number of rotatable bonds is 5. The average Bonchev–Trinajstić information content (AvgIpc) is 2.97. The highest BCUT2D eigenvalue weighted by Crippen LogP contribution is 2.28. The first-order valence-electron chi connectivity index (χ1n) is 5.77. The van der Waals surface area contributed by atoms with Crippen molar-refractivity contribution in [1.82, 2.24) is 0 Å². The zero-order valence-electron chi connectivity index (χ0n) is 9.26. The maximum Gasteiger partial charge on any atom is 0.196 e. The summed E-state index contributed by atoms with van der Waals surface area (Å²) in [5, 5.41) is 9.07. The second-order valence-corrected chi connectivity index (χ2v) is 4.15. The maximum atomic E-state index is 10.6. The standard InChI is InChI=1S/C12H17NO3/c14-8-7-13(10-3-1-2-4-10)12-6-5-11(9-15)16-12/h5-6,9-10,14H,1-4,7-8H2. The highest BCUT2D eigenvalue weighted by Gasteiger charge is 2.24. The van der Waals surface area contributed by atoms with Gasteiger partial charge in [0.25, 0.3) is 0 Å². The highest BCUT2D eigenvalue weighted by molar-refractivity contribution is 5.71. The van der Waals surface area contributed by atoms with Gasteiger partial charge in [0.05, 0.1) is 6.61 Å². The van der Waals surface area contributed by atoms with Gasteiger partial charge in [-0.25, -0.2) is 0 Å². The number of nitrogens with zero attached hydrogens (tertiary/aromatic N) is 1. The first-order chi connectivity index (χ1) is 7.85. The lowest BCUT2D eigenvalue weighted by molar-refractivity contribution is 0.110. The van der Waals surface area contributed by atoms with Crippen molar-refractivity contribution in [3.63, 3.8) is 0 Å². The summed E-state index contributed by atoms with van der Waals surface area (Å²) in [6.45, 7) is 0.671. The molecule has 2 rings (SSSR count). The van der Waals surface area contributed by atoms with Crippen molar-refractivity contribution in [3.05, 3.63) is 17.9 Å². The fourth-order valence-corrected chi connectivity index (χ4v) is 2.36. The van der Waals surface area contributed by atoms with Crippen LogP contribution in [0.4, 0.5) is 5.88 Å². The number of aliphatic hydroxyl groups is 1. The van der Waals surface area contributed by atoms with Crippen molar-refractivity contribution >= 4 is 12.2 Å². The number of carbonyl (C=O) groups excluding carboxylic acids is 1. The van der Waals surface area contributed by atoms with Gasteiger partial charge in [0.15, 0.2) is 17.9 Å². The van der Waals surface area contributed by atoms with Crippen LogP contribution in [0.1, 0.15) is 36.2 Å². The Morgan fingerprint density at radius 2 is 2.19 bits per heavy atom. The molecule has 1 fully saturated rings. The van der Waals surface area contributed by atoms with Gasteiger partial charge >= 0.3 is 0 Å². The predicted molar refractivity (Wildman–Crippen MR) is 60.8 cm³/mol. The summed E-state index contributed by atoms with van der Waals surface area (Å²) in [7, 11) is 0. The Kier molecular flexibility index (Phi) is 3.62. The minimum absolute atomic E-state index is 0.105. The van der Waals surface area contributed by atoms with E-state index in [2.05, 4.69) is 4.90 Å². The van der Waals surface area contributed by atoms with E-state index < -0.39 is 0 Å². The Hall–Kier alpha value is -1.29. The van der Waals surface area contributed by atoms with E-state index in [1.807, 2.05) is 0 Å². The molecular formula is C12H17NO3. The molecule has 88 valence electrons. The zero-order chi connectivity index (χ0) is 11.4. The largest absolute Gasteiger partial charge is 0.438 e. The Morgan fingerprint density at radius 3 is 2.75 bits per heavy atom. The number of carbonyl (C=O) groups is 1. The Morgan fingerprint density at radius 1 is 1.44 bits per heavy atom. The van der Waals surface area contributed by atoms with E-state index in [0.717, 1.165) is 12.8 Å². The number of furan rings is 1. The molecule has 0 aromatic carbocycles. The molecule has 1 heterocycles. The predicted octanol–water partition coefficient (Wildman–Crippen LogP) is 1.83. The summed E-state index contributed by atoms with van der Waals surface area (Å²) in [5.41, 5.74) is 0. The monoisotopic (exact) mass is 223 g/mol. The third kappa shape index (κ3) is 2.27. The van der Waals surface area contributed by atoms with Gasteiger partial charge < -0.3 is 14.4 Å². The zero-order valence-corrected chi connectivity index (χ0v) is 9.26. The summed E-state index contributed by atoms with van der Waals surface area (Å²) in [6.07, 6.45) is 5.44. The number of aliphatic hydroxyl groups excluding tert-OH is 1. The minimum atomic E-state index is 0.105. The summed E-state index contributed by atoms with van der Waals surface area (Å²) < 4.78 is 5.41. The van der Waals surface area contributed by atoms with Crippen LogP contribution >= 0.6 is 0 Å². The Bertz CT molecular complexity index is 342. The van der Waals surface area contributed by atoms with Crippen molar-refractivity contribution in [2.45, 2.75) is 31.7 Å². The maximum absolute atomic E-state index is 10.6. The fraction of sp³-hybridized carbons (Fsp3) is 0.583. The topological polar surface area (TPSA) is 53.7 Å². The molecule has 1 saturated carbocycles. The molecule has 0 unspecified atom stereocenters. The van der Waals surface area contributed by atoms with Gasteiger partial charge in [0.2, 0.25) is 0 Å². The van der Waals surface area contributed by atoms with Crippen LogP contribution in [0.5, 0.6) is 0 Å². The van der Waals surface area contributed by atoms with Crippen LogP contribution in [0.2, 0.25) is 0 Å². The molecule has 0 amide bonds. The van der Waals surface area contributed by atoms with Crippen LogP contribution in [-0.4, -0.2) is 30.6 Å². The molecule has 4 heteroatoms. The van der Waals surface area contributed by atoms with E-state index in [4.69, 9.17) is 9.52 Å². The van der Waals surface area contributed by atoms with Gasteiger partial charge in [-0.1, -0.05) is 12.8 Å². The van der Waals surface area contributed by atoms with E-state index >= 15 is 0 Å². The Balaban J connectivity index is 2.13. The van der Waals surface area contributed by atoms with Gasteiger partial charge in [0, 0.05) is 18.7 Å². The first-order valence-corrected chi connectivity index (χ1v) is 5.77. The molecule has 16 heavy (non-hydrogen) atoms. The second-order valence-electron chi connectivity index (χ2n) is 4.15. The van der Waals surface area contributed by atoms with E-state index in [0.29, 0.717) is 30.5 Å². The molecule has 0 radical (unpaired) electrons. The molecule has 0 aliphatic heterocycles. The second kappa shape index (κ2) is 5.16.